The quantitative estimate of drug-likeness (QED) is 0.739. The minimum atomic E-state index is -0.341. The number of hydrogen-bond donors (Lipinski definition) is 1. The van der Waals surface area contributed by atoms with Gasteiger partial charge in [-0.2, -0.15) is 0 Å². The van der Waals surface area contributed by atoms with Crippen molar-refractivity contribution in [3.05, 3.63) is 35.9 Å². The van der Waals surface area contributed by atoms with Crippen LogP contribution in [0.5, 0.6) is 0 Å². The van der Waals surface area contributed by atoms with Crippen molar-refractivity contribution in [1.29, 1.82) is 0 Å². The van der Waals surface area contributed by atoms with Crippen molar-refractivity contribution in [1.82, 2.24) is 0 Å². The summed E-state index contributed by atoms with van der Waals surface area (Å²) in [4.78, 5) is 12.1. The molecule has 0 bridgehead atoms. The summed E-state index contributed by atoms with van der Waals surface area (Å²) < 4.78 is 5.49. The van der Waals surface area contributed by atoms with Crippen molar-refractivity contribution < 1.29 is 14.6 Å². The molecule has 3 nitrogen and oxygen atoms in total. The Bertz CT molecular complexity index is 413. The summed E-state index contributed by atoms with van der Waals surface area (Å²) in [5.74, 6) is 0.582. The van der Waals surface area contributed by atoms with Crippen LogP contribution in [0.2, 0.25) is 0 Å². The molecule has 0 spiro atoms. The molecule has 1 aromatic carbocycles. The van der Waals surface area contributed by atoms with Gasteiger partial charge in [0.2, 0.25) is 0 Å². The second-order valence-electron chi connectivity index (χ2n) is 6.80. The van der Waals surface area contributed by atoms with Crippen LogP contribution in [0.15, 0.2) is 30.3 Å². The van der Waals surface area contributed by atoms with Crippen LogP contribution in [0, 0.1) is 17.3 Å². The van der Waals surface area contributed by atoms with E-state index in [9.17, 15) is 9.90 Å². The lowest BCUT2D eigenvalue weighted by molar-refractivity contribution is -0.00821. The topological polar surface area (TPSA) is 46.5 Å². The molecule has 0 atom stereocenters. The van der Waals surface area contributed by atoms with Crippen LogP contribution in [0.25, 0.3) is 0 Å². The second kappa shape index (κ2) is 8.18. The highest BCUT2D eigenvalue weighted by atomic mass is 16.5. The third-order valence-electron chi connectivity index (χ3n) is 3.54. The molecule has 1 N–H and O–H groups in total. The zero-order valence-electron chi connectivity index (χ0n) is 13.6. The zero-order valence-corrected chi connectivity index (χ0v) is 13.6. The summed E-state index contributed by atoms with van der Waals surface area (Å²) in [6, 6.07) is 8.99. The van der Waals surface area contributed by atoms with E-state index < -0.39 is 0 Å². The molecule has 0 aromatic heterocycles. The van der Waals surface area contributed by atoms with E-state index in [2.05, 4.69) is 27.7 Å². The van der Waals surface area contributed by atoms with Crippen molar-refractivity contribution in [2.45, 2.75) is 40.5 Å². The van der Waals surface area contributed by atoms with Gasteiger partial charge in [0, 0.05) is 5.41 Å². The Morgan fingerprint density at radius 2 is 1.62 bits per heavy atom. The molecule has 0 aliphatic heterocycles. The Hall–Kier alpha value is -1.35. The standard InChI is InChI=1S/C18H28O3/c1-14(2)10-18(12-19,11-15(3)4)13-21-17(20)16-8-6-5-7-9-16/h5-9,14-15,19H,10-13H2,1-4H3. The van der Waals surface area contributed by atoms with Crippen LogP contribution < -0.4 is 0 Å². The zero-order chi connectivity index (χ0) is 15.9. The fourth-order valence-corrected chi connectivity index (χ4v) is 2.98. The predicted molar refractivity (Wildman–Crippen MR) is 85.2 cm³/mol. The molecule has 0 aliphatic carbocycles. The van der Waals surface area contributed by atoms with E-state index in [1.165, 1.54) is 0 Å². The lowest BCUT2D eigenvalue weighted by atomic mass is 9.75. The molecule has 0 fully saturated rings. The highest BCUT2D eigenvalue weighted by Gasteiger charge is 2.33. The highest BCUT2D eigenvalue weighted by molar-refractivity contribution is 5.89. The fraction of sp³-hybridized carbons (Fsp3) is 0.611. The number of carbonyl (C=O) groups is 1. The van der Waals surface area contributed by atoms with E-state index in [1.807, 2.05) is 18.2 Å². The molecule has 0 aliphatic rings. The summed E-state index contributed by atoms with van der Waals surface area (Å²) in [6.07, 6.45) is 1.70. The third kappa shape index (κ3) is 5.88. The lowest BCUT2D eigenvalue weighted by Gasteiger charge is -2.34. The van der Waals surface area contributed by atoms with Gasteiger partial charge in [-0.25, -0.2) is 4.79 Å². The SMILES string of the molecule is CC(C)CC(CO)(COC(=O)c1ccccc1)CC(C)C. The molecule has 0 saturated heterocycles. The van der Waals surface area contributed by atoms with Crippen molar-refractivity contribution >= 4 is 5.97 Å². The van der Waals surface area contributed by atoms with Gasteiger partial charge >= 0.3 is 5.97 Å². The van der Waals surface area contributed by atoms with Crippen LogP contribution in [-0.2, 0) is 4.74 Å². The molecule has 21 heavy (non-hydrogen) atoms. The van der Waals surface area contributed by atoms with Gasteiger partial charge in [-0.1, -0.05) is 45.9 Å². The summed E-state index contributed by atoms with van der Waals surface area (Å²) in [6.45, 7) is 8.83. The summed E-state index contributed by atoms with van der Waals surface area (Å²) in [5.41, 5.74) is 0.214. The average Bonchev–Trinajstić information content (AvgIpc) is 2.44. The first kappa shape index (κ1) is 17.7. The Balaban J connectivity index is 2.74. The number of ether oxygens (including phenoxy) is 1. The molecular formula is C18H28O3. The van der Waals surface area contributed by atoms with Crippen molar-refractivity contribution in [2.24, 2.45) is 17.3 Å². The van der Waals surface area contributed by atoms with E-state index >= 15 is 0 Å². The van der Waals surface area contributed by atoms with Crippen LogP contribution in [0.1, 0.15) is 50.9 Å². The van der Waals surface area contributed by atoms with E-state index in [0.29, 0.717) is 17.4 Å². The Kier molecular flexibility index (Phi) is 6.90. The normalized spacial score (nSPS) is 12.0. The third-order valence-corrected chi connectivity index (χ3v) is 3.54. The first-order chi connectivity index (χ1) is 9.88. The van der Waals surface area contributed by atoms with Gasteiger partial charge < -0.3 is 9.84 Å². The van der Waals surface area contributed by atoms with E-state index in [-0.39, 0.29) is 24.6 Å². The second-order valence-corrected chi connectivity index (χ2v) is 6.80. The molecule has 0 amide bonds. The smallest absolute Gasteiger partial charge is 0.338 e. The van der Waals surface area contributed by atoms with Crippen LogP contribution >= 0.6 is 0 Å². The Morgan fingerprint density at radius 3 is 2.05 bits per heavy atom. The van der Waals surface area contributed by atoms with E-state index in [1.54, 1.807) is 12.1 Å². The number of aliphatic hydroxyl groups is 1. The van der Waals surface area contributed by atoms with Gasteiger partial charge in [0.15, 0.2) is 0 Å². The molecule has 0 unspecified atom stereocenters. The molecule has 118 valence electrons. The van der Waals surface area contributed by atoms with Gasteiger partial charge in [-0.05, 0) is 36.8 Å². The number of benzene rings is 1. The number of hydrogen-bond acceptors (Lipinski definition) is 3. The maximum atomic E-state index is 12.1. The van der Waals surface area contributed by atoms with E-state index in [0.717, 1.165) is 12.8 Å². The molecule has 1 aromatic rings. The van der Waals surface area contributed by atoms with Crippen molar-refractivity contribution in [3.8, 4) is 0 Å². The van der Waals surface area contributed by atoms with Gasteiger partial charge in [-0.3, -0.25) is 0 Å². The largest absolute Gasteiger partial charge is 0.461 e. The number of rotatable bonds is 8. The number of carbonyl (C=O) groups excluding carboxylic acids is 1. The average molecular weight is 292 g/mol. The first-order valence-corrected chi connectivity index (χ1v) is 7.71. The molecule has 0 radical (unpaired) electrons. The predicted octanol–water partition coefficient (Wildman–Crippen LogP) is 3.91. The maximum absolute atomic E-state index is 12.1. The van der Waals surface area contributed by atoms with Gasteiger partial charge in [0.05, 0.1) is 18.8 Å². The Labute approximate surface area is 128 Å². The first-order valence-electron chi connectivity index (χ1n) is 7.71. The maximum Gasteiger partial charge on any atom is 0.338 e. The molecule has 0 saturated carbocycles. The summed E-state index contributed by atoms with van der Waals surface area (Å²) in [5, 5.41) is 9.87. The molecular weight excluding hydrogens is 264 g/mol. The fourth-order valence-electron chi connectivity index (χ4n) is 2.98. The molecule has 3 heteroatoms. The van der Waals surface area contributed by atoms with E-state index in [4.69, 9.17) is 4.74 Å². The van der Waals surface area contributed by atoms with Gasteiger partial charge in [-0.15, -0.1) is 0 Å². The molecule has 1 rings (SSSR count). The van der Waals surface area contributed by atoms with Gasteiger partial charge in [0.1, 0.15) is 0 Å². The minimum Gasteiger partial charge on any atom is -0.461 e. The highest BCUT2D eigenvalue weighted by Crippen LogP contribution is 2.34. The van der Waals surface area contributed by atoms with Crippen LogP contribution in [-0.4, -0.2) is 24.3 Å². The summed E-state index contributed by atoms with van der Waals surface area (Å²) in [7, 11) is 0. The number of aliphatic hydroxyl groups excluding tert-OH is 1. The van der Waals surface area contributed by atoms with Crippen molar-refractivity contribution in [2.75, 3.05) is 13.2 Å². The Morgan fingerprint density at radius 1 is 1.10 bits per heavy atom. The van der Waals surface area contributed by atoms with Crippen LogP contribution in [0.4, 0.5) is 0 Å². The minimum absolute atomic E-state index is 0.0471. The lowest BCUT2D eigenvalue weighted by Crippen LogP contribution is -2.35. The van der Waals surface area contributed by atoms with Gasteiger partial charge in [0.25, 0.3) is 0 Å². The molecule has 0 heterocycles. The summed E-state index contributed by atoms with van der Waals surface area (Å²) >= 11 is 0. The van der Waals surface area contributed by atoms with Crippen LogP contribution in [0.3, 0.4) is 0 Å². The van der Waals surface area contributed by atoms with Crippen molar-refractivity contribution in [3.63, 3.8) is 0 Å². The monoisotopic (exact) mass is 292 g/mol. The number of esters is 1.